The van der Waals surface area contributed by atoms with E-state index < -0.39 is 6.04 Å². The van der Waals surface area contributed by atoms with E-state index in [0.29, 0.717) is 35.2 Å². The van der Waals surface area contributed by atoms with Crippen LogP contribution in [-0.4, -0.2) is 28.8 Å². The first-order valence-electron chi connectivity index (χ1n) is 14.5. The lowest BCUT2D eigenvalue weighted by Gasteiger charge is -2.33. The third kappa shape index (κ3) is 8.59. The van der Waals surface area contributed by atoms with E-state index >= 15 is 0 Å². The summed E-state index contributed by atoms with van der Waals surface area (Å²) in [7, 11) is 0. The average molecular weight is 580 g/mol. The van der Waals surface area contributed by atoms with Crippen molar-refractivity contribution in [1.29, 1.82) is 0 Å². The van der Waals surface area contributed by atoms with Gasteiger partial charge in [0.05, 0.1) is 10.0 Å². The van der Waals surface area contributed by atoms with Gasteiger partial charge in [-0.1, -0.05) is 117 Å². The van der Waals surface area contributed by atoms with Crippen LogP contribution in [0.5, 0.6) is 0 Å². The topological polar surface area (TPSA) is 49.4 Å². The molecule has 0 aromatic heterocycles. The second-order valence-corrected chi connectivity index (χ2v) is 12.0. The summed E-state index contributed by atoms with van der Waals surface area (Å²) in [6.07, 6.45) is 6.77. The smallest absolute Gasteiger partial charge is 0.243 e. The van der Waals surface area contributed by atoms with Crippen LogP contribution in [-0.2, 0) is 29.0 Å². The number of nitrogens with one attached hydrogen (secondary N) is 1. The number of hydrogen-bond acceptors (Lipinski definition) is 2. The van der Waals surface area contributed by atoms with Crippen LogP contribution in [0.4, 0.5) is 0 Å². The number of carbonyl (C=O) groups excluding carboxylic acids is 2. The van der Waals surface area contributed by atoms with E-state index in [1.54, 1.807) is 17.0 Å². The van der Waals surface area contributed by atoms with Crippen LogP contribution in [0.15, 0.2) is 72.8 Å². The summed E-state index contributed by atoms with van der Waals surface area (Å²) in [4.78, 5) is 29.6. The van der Waals surface area contributed by atoms with Gasteiger partial charge in [0, 0.05) is 25.4 Å². The van der Waals surface area contributed by atoms with Crippen molar-refractivity contribution in [3.05, 3.63) is 105 Å². The molecule has 212 valence electrons. The standard InChI is InChI=1S/C34H40Cl2N2O2/c1-24(2)28-17-13-25(14-18-28)16-20-33(39)38(23-27-15-19-30(35)31(36)21-27)32(22-26-9-5-3-6-10-26)34(40)37-29-11-7-4-8-12-29/h3,5-6,9-10,13-15,17-19,21,24,29,32H,4,7-8,11-12,16,20,22-23H2,1-2H3,(H,37,40). The Morgan fingerprint density at radius 1 is 0.850 bits per heavy atom. The first-order valence-corrected chi connectivity index (χ1v) is 15.2. The number of aryl methyl sites for hydroxylation is 1. The molecule has 6 heteroatoms. The molecule has 0 bridgehead atoms. The lowest BCUT2D eigenvalue weighted by molar-refractivity contribution is -0.141. The fourth-order valence-electron chi connectivity index (χ4n) is 5.40. The minimum atomic E-state index is -0.644. The molecule has 0 radical (unpaired) electrons. The highest BCUT2D eigenvalue weighted by molar-refractivity contribution is 6.42. The van der Waals surface area contributed by atoms with Crippen LogP contribution in [0.2, 0.25) is 10.0 Å². The van der Waals surface area contributed by atoms with E-state index in [1.165, 1.54) is 12.0 Å². The SMILES string of the molecule is CC(C)c1ccc(CCC(=O)N(Cc2ccc(Cl)c(Cl)c2)C(Cc2ccccc2)C(=O)NC2CCCCC2)cc1. The van der Waals surface area contributed by atoms with Crippen molar-refractivity contribution in [2.75, 3.05) is 0 Å². The fraction of sp³-hybridized carbons (Fsp3) is 0.412. The lowest BCUT2D eigenvalue weighted by atomic mass is 9.94. The molecule has 1 unspecified atom stereocenters. The van der Waals surface area contributed by atoms with E-state index in [2.05, 4.69) is 43.4 Å². The summed E-state index contributed by atoms with van der Waals surface area (Å²) in [5.74, 6) is 0.308. The van der Waals surface area contributed by atoms with Crippen molar-refractivity contribution in [1.82, 2.24) is 10.2 Å². The van der Waals surface area contributed by atoms with E-state index in [-0.39, 0.29) is 24.4 Å². The molecule has 40 heavy (non-hydrogen) atoms. The van der Waals surface area contributed by atoms with E-state index in [1.807, 2.05) is 36.4 Å². The molecule has 0 spiro atoms. The highest BCUT2D eigenvalue weighted by Gasteiger charge is 2.31. The molecule has 1 N–H and O–H groups in total. The largest absolute Gasteiger partial charge is 0.352 e. The van der Waals surface area contributed by atoms with Gasteiger partial charge in [0.1, 0.15) is 6.04 Å². The van der Waals surface area contributed by atoms with Crippen LogP contribution in [0.1, 0.15) is 80.5 Å². The predicted octanol–water partition coefficient (Wildman–Crippen LogP) is 8.14. The molecule has 0 heterocycles. The average Bonchev–Trinajstić information content (AvgIpc) is 2.96. The van der Waals surface area contributed by atoms with Gasteiger partial charge in [-0.05, 0) is 59.6 Å². The van der Waals surface area contributed by atoms with Gasteiger partial charge in [-0.3, -0.25) is 9.59 Å². The maximum Gasteiger partial charge on any atom is 0.243 e. The fourth-order valence-corrected chi connectivity index (χ4v) is 5.72. The van der Waals surface area contributed by atoms with Crippen molar-refractivity contribution in [2.24, 2.45) is 0 Å². The zero-order chi connectivity index (χ0) is 28.5. The van der Waals surface area contributed by atoms with Crippen LogP contribution >= 0.6 is 23.2 Å². The van der Waals surface area contributed by atoms with Gasteiger partial charge in [-0.15, -0.1) is 0 Å². The highest BCUT2D eigenvalue weighted by atomic mass is 35.5. The summed E-state index contributed by atoms with van der Waals surface area (Å²) < 4.78 is 0. The number of nitrogens with zero attached hydrogens (tertiary/aromatic N) is 1. The Balaban J connectivity index is 1.60. The van der Waals surface area contributed by atoms with Crippen molar-refractivity contribution < 1.29 is 9.59 Å². The number of benzene rings is 3. The molecule has 3 aromatic carbocycles. The van der Waals surface area contributed by atoms with Gasteiger partial charge in [0.15, 0.2) is 0 Å². The second kappa shape index (κ2) is 14.7. The van der Waals surface area contributed by atoms with Crippen molar-refractivity contribution >= 4 is 35.0 Å². The predicted molar refractivity (Wildman–Crippen MR) is 165 cm³/mol. The summed E-state index contributed by atoms with van der Waals surface area (Å²) in [5, 5.41) is 4.19. The summed E-state index contributed by atoms with van der Waals surface area (Å²) in [6, 6.07) is 23.3. The zero-order valence-electron chi connectivity index (χ0n) is 23.5. The van der Waals surface area contributed by atoms with Crippen molar-refractivity contribution in [3.8, 4) is 0 Å². The molecule has 4 rings (SSSR count). The van der Waals surface area contributed by atoms with Gasteiger partial charge in [-0.25, -0.2) is 0 Å². The van der Waals surface area contributed by atoms with Gasteiger partial charge in [0.2, 0.25) is 11.8 Å². The van der Waals surface area contributed by atoms with Crippen molar-refractivity contribution in [3.63, 3.8) is 0 Å². The van der Waals surface area contributed by atoms with Crippen molar-refractivity contribution in [2.45, 2.75) is 89.8 Å². The molecule has 1 aliphatic carbocycles. The van der Waals surface area contributed by atoms with E-state index in [9.17, 15) is 9.59 Å². The van der Waals surface area contributed by atoms with Crippen LogP contribution in [0.3, 0.4) is 0 Å². The van der Waals surface area contributed by atoms with E-state index in [0.717, 1.165) is 42.4 Å². The van der Waals surface area contributed by atoms with Gasteiger partial charge in [0.25, 0.3) is 0 Å². The Labute approximate surface area is 249 Å². The molecular weight excluding hydrogens is 539 g/mol. The number of halogens is 2. The Bertz CT molecular complexity index is 1250. The monoisotopic (exact) mass is 578 g/mol. The number of hydrogen-bond donors (Lipinski definition) is 1. The van der Waals surface area contributed by atoms with Gasteiger partial charge < -0.3 is 10.2 Å². The van der Waals surface area contributed by atoms with Gasteiger partial charge in [-0.2, -0.15) is 0 Å². The molecule has 3 aromatic rings. The molecule has 0 saturated heterocycles. The first kappa shape index (κ1) is 30.1. The molecular formula is C34H40Cl2N2O2. The van der Waals surface area contributed by atoms with Crippen LogP contribution in [0, 0.1) is 0 Å². The normalized spacial score (nSPS) is 14.6. The van der Waals surface area contributed by atoms with Crippen LogP contribution < -0.4 is 5.32 Å². The summed E-state index contributed by atoms with van der Waals surface area (Å²) in [5.41, 5.74) is 4.24. The highest BCUT2D eigenvalue weighted by Crippen LogP contribution is 2.25. The van der Waals surface area contributed by atoms with E-state index in [4.69, 9.17) is 23.2 Å². The number of amides is 2. The third-order valence-corrected chi connectivity index (χ3v) is 8.57. The number of carbonyl (C=O) groups is 2. The summed E-state index contributed by atoms with van der Waals surface area (Å²) >= 11 is 12.5. The molecule has 1 fully saturated rings. The second-order valence-electron chi connectivity index (χ2n) is 11.2. The minimum Gasteiger partial charge on any atom is -0.352 e. The Kier molecular flexibility index (Phi) is 11.1. The molecule has 1 saturated carbocycles. The molecule has 1 atom stereocenters. The third-order valence-electron chi connectivity index (χ3n) is 7.83. The minimum absolute atomic E-state index is 0.0567. The quantitative estimate of drug-likeness (QED) is 0.249. The summed E-state index contributed by atoms with van der Waals surface area (Å²) in [6.45, 7) is 4.62. The molecule has 4 nitrogen and oxygen atoms in total. The maximum absolute atomic E-state index is 14.0. The maximum atomic E-state index is 14.0. The zero-order valence-corrected chi connectivity index (χ0v) is 25.1. The molecule has 0 aliphatic heterocycles. The molecule has 1 aliphatic rings. The Hall–Kier alpha value is -2.82. The van der Waals surface area contributed by atoms with Gasteiger partial charge >= 0.3 is 0 Å². The lowest BCUT2D eigenvalue weighted by Crippen LogP contribution is -2.52. The molecule has 2 amide bonds. The Morgan fingerprint density at radius 3 is 2.17 bits per heavy atom. The Morgan fingerprint density at radius 2 is 1.52 bits per heavy atom. The first-order chi connectivity index (χ1) is 19.3. The van der Waals surface area contributed by atoms with Crippen LogP contribution in [0.25, 0.3) is 0 Å². The number of rotatable bonds is 11.